The van der Waals surface area contributed by atoms with Gasteiger partial charge < -0.3 is 15.7 Å². The van der Waals surface area contributed by atoms with Crippen molar-refractivity contribution in [3.63, 3.8) is 0 Å². The van der Waals surface area contributed by atoms with Gasteiger partial charge in [-0.05, 0) is 38.4 Å². The largest absolute Gasteiger partial charge is 0.507 e. The van der Waals surface area contributed by atoms with Crippen molar-refractivity contribution in [3.8, 4) is 5.75 Å². The molecule has 1 atom stereocenters. The highest BCUT2D eigenvalue weighted by Gasteiger charge is 2.16. The molecule has 1 aliphatic heterocycles. The fraction of sp³-hybridized carbons (Fsp3) is 0.462. The van der Waals surface area contributed by atoms with Crippen molar-refractivity contribution in [2.24, 2.45) is 0 Å². The minimum Gasteiger partial charge on any atom is -0.507 e. The van der Waals surface area contributed by atoms with Crippen molar-refractivity contribution in [1.82, 2.24) is 10.6 Å². The number of rotatable bonds is 3. The van der Waals surface area contributed by atoms with Gasteiger partial charge in [-0.2, -0.15) is 0 Å². The molecule has 4 nitrogen and oxygen atoms in total. The molecule has 1 unspecified atom stereocenters. The molecule has 17 heavy (non-hydrogen) atoms. The van der Waals surface area contributed by atoms with Gasteiger partial charge in [0.1, 0.15) is 5.75 Å². The molecule has 1 aromatic carbocycles. The van der Waals surface area contributed by atoms with Crippen LogP contribution in [0.4, 0.5) is 0 Å². The molecule has 1 amide bonds. The summed E-state index contributed by atoms with van der Waals surface area (Å²) < 4.78 is 0. The van der Waals surface area contributed by atoms with Gasteiger partial charge in [0.25, 0.3) is 5.91 Å². The van der Waals surface area contributed by atoms with Gasteiger partial charge in [0.2, 0.25) is 0 Å². The number of nitrogens with one attached hydrogen (secondary N) is 2. The zero-order valence-electron chi connectivity index (χ0n) is 9.99. The number of carbonyl (C=O) groups is 1. The number of amides is 1. The van der Waals surface area contributed by atoms with Crippen molar-refractivity contribution in [2.45, 2.75) is 25.8 Å². The Balaban J connectivity index is 1.96. The second-order valence-electron chi connectivity index (χ2n) is 4.52. The maximum atomic E-state index is 11.9. The van der Waals surface area contributed by atoms with Crippen LogP contribution < -0.4 is 10.6 Å². The Bertz CT molecular complexity index is 412. The fourth-order valence-electron chi connectivity index (χ4n) is 2.07. The summed E-state index contributed by atoms with van der Waals surface area (Å²) in [5.41, 5.74) is 1.31. The maximum absolute atomic E-state index is 11.9. The third kappa shape index (κ3) is 2.97. The summed E-state index contributed by atoms with van der Waals surface area (Å²) in [6.07, 6.45) is 2.26. The Labute approximate surface area is 101 Å². The first kappa shape index (κ1) is 11.9. The van der Waals surface area contributed by atoms with E-state index in [-0.39, 0.29) is 11.7 Å². The number of phenols is 1. The predicted octanol–water partition coefficient (Wildman–Crippen LogP) is 1.18. The molecule has 4 heteroatoms. The summed E-state index contributed by atoms with van der Waals surface area (Å²) in [6, 6.07) is 5.40. The fourth-order valence-corrected chi connectivity index (χ4v) is 2.07. The third-order valence-corrected chi connectivity index (χ3v) is 3.07. The number of hydrogen-bond donors (Lipinski definition) is 3. The number of benzene rings is 1. The van der Waals surface area contributed by atoms with Gasteiger partial charge >= 0.3 is 0 Å². The van der Waals surface area contributed by atoms with Crippen LogP contribution in [0.3, 0.4) is 0 Å². The van der Waals surface area contributed by atoms with Crippen molar-refractivity contribution in [3.05, 3.63) is 29.3 Å². The SMILES string of the molecule is Cc1ccc(O)c(C(=O)NCC2CCCN2)c1. The first-order chi connectivity index (χ1) is 8.16. The molecular formula is C13H18N2O2. The summed E-state index contributed by atoms with van der Waals surface area (Å²) in [7, 11) is 0. The lowest BCUT2D eigenvalue weighted by molar-refractivity contribution is 0.0947. The zero-order chi connectivity index (χ0) is 12.3. The average molecular weight is 234 g/mol. The van der Waals surface area contributed by atoms with E-state index in [4.69, 9.17) is 0 Å². The molecule has 0 bridgehead atoms. The van der Waals surface area contributed by atoms with Crippen molar-refractivity contribution < 1.29 is 9.90 Å². The maximum Gasteiger partial charge on any atom is 0.255 e. The van der Waals surface area contributed by atoms with Crippen LogP contribution in [-0.4, -0.2) is 30.1 Å². The highest BCUT2D eigenvalue weighted by Crippen LogP contribution is 2.17. The Kier molecular flexibility index (Phi) is 3.64. The first-order valence-electron chi connectivity index (χ1n) is 5.98. The molecule has 0 saturated carbocycles. The van der Waals surface area contributed by atoms with Gasteiger partial charge in [-0.25, -0.2) is 0 Å². The van der Waals surface area contributed by atoms with E-state index < -0.39 is 0 Å². The number of carbonyl (C=O) groups excluding carboxylic acids is 1. The predicted molar refractivity (Wildman–Crippen MR) is 66.2 cm³/mol. The lowest BCUT2D eigenvalue weighted by Gasteiger charge is -2.12. The second kappa shape index (κ2) is 5.19. The van der Waals surface area contributed by atoms with Crippen LogP contribution in [0.1, 0.15) is 28.8 Å². The average Bonchev–Trinajstić information content (AvgIpc) is 2.82. The second-order valence-corrected chi connectivity index (χ2v) is 4.52. The molecule has 3 N–H and O–H groups in total. The van der Waals surface area contributed by atoms with Crippen molar-refractivity contribution >= 4 is 5.91 Å². The molecule has 0 spiro atoms. The van der Waals surface area contributed by atoms with Crippen LogP contribution in [0.25, 0.3) is 0 Å². The summed E-state index contributed by atoms with van der Waals surface area (Å²) >= 11 is 0. The molecule has 0 aromatic heterocycles. The molecule has 0 radical (unpaired) electrons. The van der Waals surface area contributed by atoms with Gasteiger partial charge in [0.15, 0.2) is 0 Å². The number of aryl methyl sites for hydroxylation is 1. The van der Waals surface area contributed by atoms with Gasteiger partial charge in [0, 0.05) is 12.6 Å². The Morgan fingerprint density at radius 1 is 1.59 bits per heavy atom. The summed E-state index contributed by atoms with van der Waals surface area (Å²) in [4.78, 5) is 11.9. The highest BCUT2D eigenvalue weighted by molar-refractivity contribution is 5.97. The van der Waals surface area contributed by atoms with Crippen LogP contribution in [0.2, 0.25) is 0 Å². The van der Waals surface area contributed by atoms with Crippen molar-refractivity contribution in [2.75, 3.05) is 13.1 Å². The van der Waals surface area contributed by atoms with Crippen molar-refractivity contribution in [1.29, 1.82) is 0 Å². The Morgan fingerprint density at radius 2 is 2.41 bits per heavy atom. The van der Waals surface area contributed by atoms with Gasteiger partial charge in [-0.15, -0.1) is 0 Å². The van der Waals surface area contributed by atoms with Crippen LogP contribution in [0.5, 0.6) is 5.75 Å². The van der Waals surface area contributed by atoms with Gasteiger partial charge in [-0.3, -0.25) is 4.79 Å². The molecule has 92 valence electrons. The van der Waals surface area contributed by atoms with E-state index in [1.807, 2.05) is 6.92 Å². The first-order valence-corrected chi connectivity index (χ1v) is 5.98. The van der Waals surface area contributed by atoms with Crippen LogP contribution in [-0.2, 0) is 0 Å². The summed E-state index contributed by atoms with van der Waals surface area (Å²) in [5, 5.41) is 15.8. The quantitative estimate of drug-likeness (QED) is 0.736. The standard InChI is InChI=1S/C13H18N2O2/c1-9-4-5-12(16)11(7-9)13(17)15-8-10-3-2-6-14-10/h4-5,7,10,14,16H,2-3,6,8H2,1H3,(H,15,17). The topological polar surface area (TPSA) is 61.4 Å². The minimum absolute atomic E-state index is 0.0347. The van der Waals surface area contributed by atoms with E-state index >= 15 is 0 Å². The van der Waals surface area contributed by atoms with E-state index in [1.54, 1.807) is 18.2 Å². The minimum atomic E-state index is -0.208. The number of aromatic hydroxyl groups is 1. The smallest absolute Gasteiger partial charge is 0.255 e. The van der Waals surface area contributed by atoms with E-state index in [0.717, 1.165) is 24.9 Å². The Morgan fingerprint density at radius 3 is 3.12 bits per heavy atom. The summed E-state index contributed by atoms with van der Waals surface area (Å²) in [5.74, 6) is -0.174. The molecule has 1 heterocycles. The number of phenolic OH excluding ortho intramolecular Hbond substituents is 1. The number of hydrogen-bond acceptors (Lipinski definition) is 3. The molecule has 2 rings (SSSR count). The van der Waals surface area contributed by atoms with E-state index in [0.29, 0.717) is 18.2 Å². The lowest BCUT2D eigenvalue weighted by Crippen LogP contribution is -2.37. The molecule has 1 aromatic rings. The zero-order valence-corrected chi connectivity index (χ0v) is 9.99. The molecule has 0 aliphatic carbocycles. The molecule has 1 fully saturated rings. The normalized spacial score (nSPS) is 19.2. The molecule has 1 saturated heterocycles. The van der Waals surface area contributed by atoms with E-state index in [1.165, 1.54) is 0 Å². The van der Waals surface area contributed by atoms with Gasteiger partial charge in [-0.1, -0.05) is 11.6 Å². The third-order valence-electron chi connectivity index (χ3n) is 3.07. The molecular weight excluding hydrogens is 216 g/mol. The van der Waals surface area contributed by atoms with E-state index in [2.05, 4.69) is 10.6 Å². The van der Waals surface area contributed by atoms with Crippen LogP contribution in [0.15, 0.2) is 18.2 Å². The highest BCUT2D eigenvalue weighted by atomic mass is 16.3. The van der Waals surface area contributed by atoms with Gasteiger partial charge in [0.05, 0.1) is 5.56 Å². The van der Waals surface area contributed by atoms with E-state index in [9.17, 15) is 9.90 Å². The van der Waals surface area contributed by atoms with Crippen LogP contribution >= 0.6 is 0 Å². The summed E-state index contributed by atoms with van der Waals surface area (Å²) in [6.45, 7) is 3.54. The lowest BCUT2D eigenvalue weighted by atomic mass is 10.1. The van der Waals surface area contributed by atoms with Crippen LogP contribution in [0, 0.1) is 6.92 Å². The monoisotopic (exact) mass is 234 g/mol. The Hall–Kier alpha value is -1.55. The molecule has 1 aliphatic rings.